The van der Waals surface area contributed by atoms with Gasteiger partial charge in [-0.2, -0.15) is 0 Å². The van der Waals surface area contributed by atoms with Crippen LogP contribution in [0.25, 0.3) is 0 Å². The van der Waals surface area contributed by atoms with E-state index in [1.54, 1.807) is 41.5 Å². The van der Waals surface area contributed by atoms with E-state index in [0.717, 1.165) is 30.6 Å². The van der Waals surface area contributed by atoms with Crippen molar-refractivity contribution in [1.82, 2.24) is 4.98 Å². The number of anilines is 2. The van der Waals surface area contributed by atoms with E-state index >= 15 is 0 Å². The van der Waals surface area contributed by atoms with Gasteiger partial charge >= 0.3 is 0 Å². The Kier molecular flexibility index (Phi) is 6.01. The van der Waals surface area contributed by atoms with Gasteiger partial charge in [-0.1, -0.05) is 11.6 Å². The van der Waals surface area contributed by atoms with Gasteiger partial charge in [-0.25, -0.2) is 4.98 Å². The SMILES string of the molecule is CC(=O)N1CCCc2cc(NC(=O)c3csc(COc4ccc(Cl)cc4)n3)ccc21. The second-order valence-corrected chi connectivity index (χ2v) is 8.32. The van der Waals surface area contributed by atoms with Crippen LogP contribution in [-0.4, -0.2) is 23.3 Å². The quantitative estimate of drug-likeness (QED) is 0.609. The van der Waals surface area contributed by atoms with E-state index in [4.69, 9.17) is 16.3 Å². The van der Waals surface area contributed by atoms with Crippen LogP contribution in [0, 0.1) is 0 Å². The van der Waals surface area contributed by atoms with Gasteiger partial charge < -0.3 is 15.0 Å². The fourth-order valence-corrected chi connectivity index (χ4v) is 4.17. The van der Waals surface area contributed by atoms with Crippen LogP contribution in [-0.2, 0) is 17.8 Å². The number of aryl methyl sites for hydroxylation is 1. The van der Waals surface area contributed by atoms with Crippen LogP contribution in [0.2, 0.25) is 5.02 Å². The molecule has 0 spiro atoms. The van der Waals surface area contributed by atoms with Crippen molar-refractivity contribution in [3.05, 3.63) is 69.1 Å². The lowest BCUT2D eigenvalue weighted by atomic mass is 10.0. The summed E-state index contributed by atoms with van der Waals surface area (Å²) in [5.74, 6) is 0.445. The predicted octanol–water partition coefficient (Wildman–Crippen LogP) is 4.93. The highest BCUT2D eigenvalue weighted by Crippen LogP contribution is 2.30. The average molecular weight is 442 g/mol. The minimum absolute atomic E-state index is 0.0311. The Morgan fingerprint density at radius 2 is 2.03 bits per heavy atom. The van der Waals surface area contributed by atoms with Gasteiger partial charge in [-0.05, 0) is 60.9 Å². The van der Waals surface area contributed by atoms with Gasteiger partial charge in [0.25, 0.3) is 5.91 Å². The molecule has 1 N–H and O–H groups in total. The molecular weight excluding hydrogens is 422 g/mol. The Balaban J connectivity index is 1.40. The van der Waals surface area contributed by atoms with Crippen molar-refractivity contribution in [1.29, 1.82) is 0 Å². The maximum atomic E-state index is 12.6. The van der Waals surface area contributed by atoms with E-state index in [1.165, 1.54) is 11.3 Å². The first kappa shape index (κ1) is 20.4. The Morgan fingerprint density at radius 1 is 1.23 bits per heavy atom. The summed E-state index contributed by atoms with van der Waals surface area (Å²) in [5.41, 5.74) is 3.01. The number of rotatable bonds is 5. The number of benzene rings is 2. The van der Waals surface area contributed by atoms with E-state index < -0.39 is 0 Å². The monoisotopic (exact) mass is 441 g/mol. The summed E-state index contributed by atoms with van der Waals surface area (Å²) in [4.78, 5) is 30.5. The molecule has 0 unspecified atom stereocenters. The van der Waals surface area contributed by atoms with Crippen LogP contribution < -0.4 is 15.0 Å². The number of hydrogen-bond donors (Lipinski definition) is 1. The number of fused-ring (bicyclic) bond motifs is 1. The summed E-state index contributed by atoms with van der Waals surface area (Å²) < 4.78 is 5.68. The van der Waals surface area contributed by atoms with E-state index in [-0.39, 0.29) is 18.4 Å². The summed E-state index contributed by atoms with van der Waals surface area (Å²) in [7, 11) is 0. The molecule has 4 rings (SSSR count). The number of nitrogens with one attached hydrogen (secondary N) is 1. The fraction of sp³-hybridized carbons (Fsp3) is 0.227. The minimum Gasteiger partial charge on any atom is -0.486 e. The minimum atomic E-state index is -0.275. The zero-order chi connectivity index (χ0) is 21.1. The van der Waals surface area contributed by atoms with Gasteiger partial charge in [0.2, 0.25) is 5.91 Å². The molecule has 8 heteroatoms. The molecule has 0 radical (unpaired) electrons. The molecule has 1 aliphatic rings. The normalized spacial score (nSPS) is 12.9. The molecule has 0 saturated heterocycles. The highest BCUT2D eigenvalue weighted by molar-refractivity contribution is 7.09. The first-order chi connectivity index (χ1) is 14.5. The van der Waals surface area contributed by atoms with E-state index in [2.05, 4.69) is 10.3 Å². The average Bonchev–Trinajstić information content (AvgIpc) is 3.22. The number of nitrogens with zero attached hydrogens (tertiary/aromatic N) is 2. The second kappa shape index (κ2) is 8.85. The van der Waals surface area contributed by atoms with Crippen molar-refractivity contribution in [3.63, 3.8) is 0 Å². The molecule has 0 aliphatic carbocycles. The molecule has 2 aromatic carbocycles. The van der Waals surface area contributed by atoms with Crippen LogP contribution in [0.3, 0.4) is 0 Å². The number of thiazole rings is 1. The molecule has 1 aromatic heterocycles. The number of carbonyl (C=O) groups is 2. The van der Waals surface area contributed by atoms with Crippen molar-refractivity contribution >= 4 is 46.1 Å². The van der Waals surface area contributed by atoms with E-state index in [1.807, 2.05) is 18.2 Å². The summed E-state index contributed by atoms with van der Waals surface area (Å²) in [5, 5.41) is 5.96. The van der Waals surface area contributed by atoms with Gasteiger partial charge in [0.1, 0.15) is 23.1 Å². The fourth-order valence-electron chi connectivity index (χ4n) is 3.35. The molecular formula is C22H20ClN3O3S. The van der Waals surface area contributed by atoms with Crippen LogP contribution >= 0.6 is 22.9 Å². The molecule has 154 valence electrons. The van der Waals surface area contributed by atoms with Crippen molar-refractivity contribution in [2.24, 2.45) is 0 Å². The van der Waals surface area contributed by atoms with E-state index in [9.17, 15) is 9.59 Å². The number of carbonyl (C=O) groups excluding carboxylic acids is 2. The van der Waals surface area contributed by atoms with Crippen LogP contribution in [0.1, 0.15) is 34.4 Å². The molecule has 0 fully saturated rings. The summed E-state index contributed by atoms with van der Waals surface area (Å²) >= 11 is 7.24. The zero-order valence-electron chi connectivity index (χ0n) is 16.4. The highest BCUT2D eigenvalue weighted by atomic mass is 35.5. The summed E-state index contributed by atoms with van der Waals surface area (Å²) in [6.45, 7) is 2.58. The topological polar surface area (TPSA) is 71.5 Å². The van der Waals surface area contributed by atoms with Crippen molar-refractivity contribution in [3.8, 4) is 5.75 Å². The van der Waals surface area contributed by atoms with Gasteiger partial charge in [0, 0.05) is 35.2 Å². The molecule has 0 saturated carbocycles. The Hall–Kier alpha value is -2.90. The third-order valence-corrected chi connectivity index (χ3v) is 5.87. The summed E-state index contributed by atoms with van der Waals surface area (Å²) in [6, 6.07) is 12.7. The molecule has 3 aromatic rings. The maximum Gasteiger partial charge on any atom is 0.275 e. The lowest BCUT2D eigenvalue weighted by molar-refractivity contribution is -0.116. The van der Waals surface area contributed by atoms with Gasteiger partial charge in [-0.15, -0.1) is 11.3 Å². The van der Waals surface area contributed by atoms with Crippen LogP contribution in [0.15, 0.2) is 47.8 Å². The first-order valence-corrected chi connectivity index (χ1v) is 10.8. The lowest BCUT2D eigenvalue weighted by Gasteiger charge is -2.28. The lowest BCUT2D eigenvalue weighted by Crippen LogP contribution is -2.33. The summed E-state index contributed by atoms with van der Waals surface area (Å²) in [6.07, 6.45) is 1.79. The predicted molar refractivity (Wildman–Crippen MR) is 119 cm³/mol. The smallest absolute Gasteiger partial charge is 0.275 e. The molecule has 6 nitrogen and oxygen atoms in total. The largest absolute Gasteiger partial charge is 0.486 e. The molecule has 2 heterocycles. The molecule has 0 atom stereocenters. The molecule has 1 aliphatic heterocycles. The molecule has 30 heavy (non-hydrogen) atoms. The number of ether oxygens (including phenoxy) is 1. The Bertz CT molecular complexity index is 1080. The molecule has 0 bridgehead atoms. The van der Waals surface area contributed by atoms with Gasteiger partial charge in [0.15, 0.2) is 0 Å². The standard InChI is InChI=1S/C22H20ClN3O3S/c1-14(27)26-10-2-3-15-11-17(6-9-20(15)26)24-22(28)19-13-30-21(25-19)12-29-18-7-4-16(23)5-8-18/h4-9,11,13H,2-3,10,12H2,1H3,(H,24,28). The van der Waals surface area contributed by atoms with Crippen molar-refractivity contribution in [2.45, 2.75) is 26.4 Å². The van der Waals surface area contributed by atoms with Gasteiger partial charge in [0.05, 0.1) is 0 Å². The maximum absolute atomic E-state index is 12.6. The number of halogens is 1. The first-order valence-electron chi connectivity index (χ1n) is 9.55. The Morgan fingerprint density at radius 3 is 2.80 bits per heavy atom. The van der Waals surface area contributed by atoms with Crippen molar-refractivity contribution in [2.75, 3.05) is 16.8 Å². The number of amides is 2. The highest BCUT2D eigenvalue weighted by Gasteiger charge is 2.20. The van der Waals surface area contributed by atoms with Crippen molar-refractivity contribution < 1.29 is 14.3 Å². The number of hydrogen-bond acceptors (Lipinski definition) is 5. The third-order valence-electron chi connectivity index (χ3n) is 4.80. The second-order valence-electron chi connectivity index (χ2n) is 6.94. The molecule has 2 amide bonds. The van der Waals surface area contributed by atoms with Crippen LogP contribution in [0.4, 0.5) is 11.4 Å². The number of aromatic nitrogens is 1. The van der Waals surface area contributed by atoms with Gasteiger partial charge in [-0.3, -0.25) is 9.59 Å². The third kappa shape index (κ3) is 4.63. The zero-order valence-corrected chi connectivity index (χ0v) is 17.9. The Labute approximate surface area is 183 Å². The van der Waals surface area contributed by atoms with E-state index in [0.29, 0.717) is 27.2 Å². The van der Waals surface area contributed by atoms with Crippen LogP contribution in [0.5, 0.6) is 5.75 Å².